The molecular formula is C22H32N4O4S. The second kappa shape index (κ2) is 12.8. The van der Waals surface area contributed by atoms with Crippen molar-refractivity contribution in [3.63, 3.8) is 0 Å². The largest absolute Gasteiger partial charge is 0.497 e. The first-order chi connectivity index (χ1) is 14.9. The Morgan fingerprint density at radius 2 is 1.81 bits per heavy atom. The lowest BCUT2D eigenvalue weighted by molar-refractivity contribution is 0.229. The van der Waals surface area contributed by atoms with Gasteiger partial charge in [-0.1, -0.05) is 36.4 Å². The quantitative estimate of drug-likeness (QED) is 0.340. The normalized spacial score (nSPS) is 12.8. The highest BCUT2D eigenvalue weighted by Gasteiger charge is 2.11. The molecule has 0 aliphatic carbocycles. The number of sulfonamides is 1. The lowest BCUT2D eigenvalue weighted by Gasteiger charge is -2.16. The maximum atomic E-state index is 12.2. The second-order valence-corrected chi connectivity index (χ2v) is 8.81. The average Bonchev–Trinajstić information content (AvgIpc) is 2.77. The Kier molecular flexibility index (Phi) is 10.1. The molecular weight excluding hydrogens is 416 g/mol. The standard InChI is InChI=1S/C22H32N4O4S/c1-4-23-22(25-16-18(2)30-21-12-8-11-20(15-21)29-3)24-13-14-31(27,28)26-17-19-9-6-5-7-10-19/h5-12,15,18,26H,4,13-14,16-17H2,1-3H3,(H2,23,24,25). The van der Waals surface area contributed by atoms with Gasteiger partial charge >= 0.3 is 0 Å². The van der Waals surface area contributed by atoms with Crippen molar-refractivity contribution in [2.24, 2.45) is 4.99 Å². The molecule has 0 spiro atoms. The van der Waals surface area contributed by atoms with Crippen LogP contribution in [0, 0.1) is 0 Å². The highest BCUT2D eigenvalue weighted by Crippen LogP contribution is 2.19. The number of benzene rings is 2. The van der Waals surface area contributed by atoms with E-state index in [2.05, 4.69) is 20.3 Å². The van der Waals surface area contributed by atoms with Crippen molar-refractivity contribution in [1.82, 2.24) is 15.4 Å². The summed E-state index contributed by atoms with van der Waals surface area (Å²) in [4.78, 5) is 4.49. The molecule has 0 heterocycles. The zero-order valence-corrected chi connectivity index (χ0v) is 19.1. The molecule has 0 fully saturated rings. The van der Waals surface area contributed by atoms with Crippen molar-refractivity contribution in [2.45, 2.75) is 26.5 Å². The molecule has 2 aromatic carbocycles. The zero-order valence-electron chi connectivity index (χ0n) is 18.3. The summed E-state index contributed by atoms with van der Waals surface area (Å²) < 4.78 is 38.1. The van der Waals surface area contributed by atoms with Gasteiger partial charge in [0.05, 0.1) is 19.4 Å². The van der Waals surface area contributed by atoms with Gasteiger partial charge in [0.15, 0.2) is 5.96 Å². The number of nitrogens with one attached hydrogen (secondary N) is 3. The van der Waals surface area contributed by atoms with E-state index in [1.165, 1.54) is 0 Å². The molecule has 2 aromatic rings. The van der Waals surface area contributed by atoms with E-state index in [9.17, 15) is 8.42 Å². The first kappa shape index (κ1) is 24.5. The van der Waals surface area contributed by atoms with Crippen LogP contribution in [0.2, 0.25) is 0 Å². The monoisotopic (exact) mass is 448 g/mol. The SMILES string of the molecule is CCNC(=NCC(C)Oc1cccc(OC)c1)NCCS(=O)(=O)NCc1ccccc1. The Balaban J connectivity index is 1.80. The third-order valence-corrected chi connectivity index (χ3v) is 5.56. The van der Waals surface area contributed by atoms with Crippen molar-refractivity contribution < 1.29 is 17.9 Å². The molecule has 0 saturated heterocycles. The van der Waals surface area contributed by atoms with Crippen LogP contribution >= 0.6 is 0 Å². The maximum absolute atomic E-state index is 12.2. The summed E-state index contributed by atoms with van der Waals surface area (Å²) >= 11 is 0. The third-order valence-electron chi connectivity index (χ3n) is 4.23. The summed E-state index contributed by atoms with van der Waals surface area (Å²) in [6, 6.07) is 16.8. The number of nitrogens with zero attached hydrogens (tertiary/aromatic N) is 1. The zero-order chi connectivity index (χ0) is 22.5. The van der Waals surface area contributed by atoms with Gasteiger partial charge in [-0.3, -0.25) is 0 Å². The summed E-state index contributed by atoms with van der Waals surface area (Å²) in [6.45, 7) is 5.45. The number of guanidine groups is 1. The van der Waals surface area contributed by atoms with Crippen molar-refractivity contribution in [1.29, 1.82) is 0 Å². The van der Waals surface area contributed by atoms with E-state index < -0.39 is 10.0 Å². The lowest BCUT2D eigenvalue weighted by atomic mass is 10.2. The molecule has 170 valence electrons. The van der Waals surface area contributed by atoms with Crippen LogP contribution in [-0.4, -0.2) is 53.0 Å². The van der Waals surface area contributed by atoms with E-state index in [0.29, 0.717) is 24.8 Å². The smallest absolute Gasteiger partial charge is 0.213 e. The molecule has 0 aliphatic heterocycles. The van der Waals surface area contributed by atoms with Gasteiger partial charge in [0.25, 0.3) is 0 Å². The molecule has 0 bridgehead atoms. The summed E-state index contributed by atoms with van der Waals surface area (Å²) in [5.41, 5.74) is 0.916. The van der Waals surface area contributed by atoms with Gasteiger partial charge in [-0.15, -0.1) is 0 Å². The Bertz CT molecular complexity index is 920. The summed E-state index contributed by atoms with van der Waals surface area (Å²) in [5, 5.41) is 6.17. The molecule has 1 atom stereocenters. The summed E-state index contributed by atoms with van der Waals surface area (Å²) in [7, 11) is -1.79. The molecule has 0 radical (unpaired) electrons. The van der Waals surface area contributed by atoms with Gasteiger partial charge in [0, 0.05) is 25.7 Å². The number of hydrogen-bond donors (Lipinski definition) is 3. The minimum Gasteiger partial charge on any atom is -0.497 e. The van der Waals surface area contributed by atoms with Crippen LogP contribution < -0.4 is 24.8 Å². The number of aliphatic imine (C=N–C) groups is 1. The van der Waals surface area contributed by atoms with Gasteiger partial charge in [0.1, 0.15) is 17.6 Å². The van der Waals surface area contributed by atoms with Gasteiger partial charge in [0.2, 0.25) is 10.0 Å². The number of ether oxygens (including phenoxy) is 2. The topological polar surface area (TPSA) is 101 Å². The van der Waals surface area contributed by atoms with Gasteiger partial charge in [-0.2, -0.15) is 0 Å². The van der Waals surface area contributed by atoms with Crippen molar-refractivity contribution >= 4 is 16.0 Å². The molecule has 0 saturated carbocycles. The van der Waals surface area contributed by atoms with Crippen LogP contribution in [0.3, 0.4) is 0 Å². The number of rotatable bonds is 12. The fourth-order valence-corrected chi connectivity index (χ4v) is 3.57. The second-order valence-electron chi connectivity index (χ2n) is 6.88. The summed E-state index contributed by atoms with van der Waals surface area (Å²) in [6.07, 6.45) is -0.168. The minimum atomic E-state index is -3.40. The van der Waals surface area contributed by atoms with E-state index in [0.717, 1.165) is 11.3 Å². The van der Waals surface area contributed by atoms with Crippen molar-refractivity contribution in [3.05, 3.63) is 60.2 Å². The molecule has 8 nitrogen and oxygen atoms in total. The number of hydrogen-bond acceptors (Lipinski definition) is 5. The average molecular weight is 449 g/mol. The highest BCUT2D eigenvalue weighted by molar-refractivity contribution is 7.89. The first-order valence-electron chi connectivity index (χ1n) is 10.3. The van der Waals surface area contributed by atoms with E-state index >= 15 is 0 Å². The van der Waals surface area contributed by atoms with Crippen LogP contribution in [-0.2, 0) is 16.6 Å². The molecule has 1 unspecified atom stereocenters. The Morgan fingerprint density at radius 1 is 1.06 bits per heavy atom. The molecule has 0 aromatic heterocycles. The van der Waals surface area contributed by atoms with E-state index in [1.54, 1.807) is 7.11 Å². The van der Waals surface area contributed by atoms with Crippen LogP contribution in [0.25, 0.3) is 0 Å². The fourth-order valence-electron chi connectivity index (χ4n) is 2.67. The first-order valence-corrected chi connectivity index (χ1v) is 11.9. The number of methoxy groups -OCH3 is 1. The fraction of sp³-hybridized carbons (Fsp3) is 0.409. The van der Waals surface area contributed by atoms with E-state index in [1.807, 2.05) is 68.4 Å². The van der Waals surface area contributed by atoms with Crippen LogP contribution in [0.15, 0.2) is 59.6 Å². The maximum Gasteiger partial charge on any atom is 0.213 e. The Hall–Kier alpha value is -2.78. The van der Waals surface area contributed by atoms with E-state index in [-0.39, 0.29) is 24.9 Å². The van der Waals surface area contributed by atoms with Crippen LogP contribution in [0.4, 0.5) is 0 Å². The van der Waals surface area contributed by atoms with Crippen molar-refractivity contribution in [2.75, 3.05) is 32.5 Å². The minimum absolute atomic E-state index is 0.0554. The summed E-state index contributed by atoms with van der Waals surface area (Å²) in [5.74, 6) is 1.92. The Morgan fingerprint density at radius 3 is 2.52 bits per heavy atom. The highest BCUT2D eigenvalue weighted by atomic mass is 32.2. The van der Waals surface area contributed by atoms with Crippen LogP contribution in [0.5, 0.6) is 11.5 Å². The third kappa shape index (κ3) is 9.71. The van der Waals surface area contributed by atoms with Crippen LogP contribution in [0.1, 0.15) is 19.4 Å². The molecule has 3 N–H and O–H groups in total. The molecule has 31 heavy (non-hydrogen) atoms. The predicted molar refractivity (Wildman–Crippen MR) is 124 cm³/mol. The van der Waals surface area contributed by atoms with Gasteiger partial charge in [-0.05, 0) is 31.5 Å². The molecule has 2 rings (SSSR count). The van der Waals surface area contributed by atoms with Gasteiger partial charge < -0.3 is 20.1 Å². The molecule has 9 heteroatoms. The van der Waals surface area contributed by atoms with Gasteiger partial charge in [-0.25, -0.2) is 18.1 Å². The molecule has 0 aliphatic rings. The van der Waals surface area contributed by atoms with Crippen molar-refractivity contribution in [3.8, 4) is 11.5 Å². The predicted octanol–water partition coefficient (Wildman–Crippen LogP) is 2.14. The van der Waals surface area contributed by atoms with E-state index in [4.69, 9.17) is 9.47 Å². The lowest BCUT2D eigenvalue weighted by Crippen LogP contribution is -2.41. The molecule has 0 amide bonds. The Labute approximate surface area is 185 Å².